The zero-order chi connectivity index (χ0) is 21.7. The van der Waals surface area contributed by atoms with Crippen LogP contribution in [0.5, 0.6) is 11.5 Å². The van der Waals surface area contributed by atoms with E-state index in [1.807, 2.05) is 23.6 Å². The number of thioether (sulfide) groups is 1. The van der Waals surface area contributed by atoms with Gasteiger partial charge in [-0.1, -0.05) is 23.7 Å². The van der Waals surface area contributed by atoms with Crippen LogP contribution >= 0.6 is 23.4 Å². The summed E-state index contributed by atoms with van der Waals surface area (Å²) in [5, 5.41) is 19.3. The molecule has 1 aromatic heterocycles. The molecule has 1 heterocycles. The van der Waals surface area contributed by atoms with Gasteiger partial charge < -0.3 is 19.1 Å². The average molecular weight is 446 g/mol. The highest BCUT2D eigenvalue weighted by Gasteiger charge is 2.19. The van der Waals surface area contributed by atoms with E-state index in [-0.39, 0.29) is 4.91 Å². The van der Waals surface area contributed by atoms with Gasteiger partial charge in [-0.25, -0.2) is 4.79 Å². The highest BCUT2D eigenvalue weighted by Crippen LogP contribution is 2.35. The van der Waals surface area contributed by atoms with Gasteiger partial charge >= 0.3 is 5.97 Å². The Kier molecular flexibility index (Phi) is 7.02. The van der Waals surface area contributed by atoms with Crippen molar-refractivity contribution in [2.45, 2.75) is 18.6 Å². The maximum atomic E-state index is 11.9. The van der Waals surface area contributed by atoms with Crippen LogP contribution in [0.1, 0.15) is 12.5 Å². The third-order valence-electron chi connectivity index (χ3n) is 4.27. The number of carboxylic acid groups (broad SMARTS) is 1. The number of halogens is 1. The predicted molar refractivity (Wildman–Crippen MR) is 117 cm³/mol. The van der Waals surface area contributed by atoms with Crippen LogP contribution in [0.25, 0.3) is 17.5 Å². The smallest absolute Gasteiger partial charge is 0.342 e. The van der Waals surface area contributed by atoms with Crippen molar-refractivity contribution in [3.63, 3.8) is 0 Å². The summed E-state index contributed by atoms with van der Waals surface area (Å²) in [6.45, 7) is 2.52. The SMILES string of the molecule is CCn1c(S/C(=C\c2cccc(OC)c2OC)C(=O)O)nnc1-c1ccc(Cl)cc1. The number of rotatable bonds is 8. The van der Waals surface area contributed by atoms with Gasteiger partial charge in [0, 0.05) is 22.7 Å². The van der Waals surface area contributed by atoms with Crippen molar-refractivity contribution >= 4 is 35.4 Å². The molecule has 9 heteroatoms. The maximum absolute atomic E-state index is 11.9. The van der Waals surface area contributed by atoms with E-state index in [9.17, 15) is 9.90 Å². The Labute approximate surface area is 183 Å². The van der Waals surface area contributed by atoms with Gasteiger partial charge in [-0.05, 0) is 55.1 Å². The lowest BCUT2D eigenvalue weighted by Gasteiger charge is -2.11. The largest absolute Gasteiger partial charge is 0.493 e. The summed E-state index contributed by atoms with van der Waals surface area (Å²) in [4.78, 5) is 12.0. The van der Waals surface area contributed by atoms with Crippen molar-refractivity contribution < 1.29 is 19.4 Å². The van der Waals surface area contributed by atoms with Crippen LogP contribution in [0.3, 0.4) is 0 Å². The standard InChI is InChI=1S/C21H20ClN3O4S/c1-4-25-19(13-8-10-15(22)11-9-13)23-24-21(25)30-17(20(26)27)12-14-6-5-7-16(28-2)18(14)29-3/h5-12H,4H2,1-3H3,(H,26,27)/b17-12-. The number of hydrogen-bond acceptors (Lipinski definition) is 6. The second kappa shape index (κ2) is 9.69. The molecule has 3 rings (SSSR count). The van der Waals surface area contributed by atoms with E-state index < -0.39 is 5.97 Å². The Hall–Kier alpha value is -2.97. The van der Waals surface area contributed by atoms with E-state index in [0.29, 0.717) is 39.6 Å². The molecular formula is C21H20ClN3O4S. The fourth-order valence-corrected chi connectivity index (χ4v) is 3.87. The highest BCUT2D eigenvalue weighted by atomic mass is 35.5. The van der Waals surface area contributed by atoms with Crippen LogP contribution in [0, 0.1) is 0 Å². The molecule has 2 aromatic carbocycles. The van der Waals surface area contributed by atoms with E-state index >= 15 is 0 Å². The van der Waals surface area contributed by atoms with E-state index in [4.69, 9.17) is 21.1 Å². The van der Waals surface area contributed by atoms with Crippen LogP contribution in [0.2, 0.25) is 5.02 Å². The molecule has 0 aliphatic heterocycles. The molecule has 3 aromatic rings. The molecule has 0 bridgehead atoms. The number of hydrogen-bond donors (Lipinski definition) is 1. The van der Waals surface area contributed by atoms with Crippen molar-refractivity contribution in [2.75, 3.05) is 14.2 Å². The Morgan fingerprint density at radius 3 is 2.50 bits per heavy atom. The second-order valence-electron chi connectivity index (χ2n) is 6.06. The molecule has 0 radical (unpaired) electrons. The summed E-state index contributed by atoms with van der Waals surface area (Å²) >= 11 is 6.99. The molecular weight excluding hydrogens is 426 g/mol. The van der Waals surface area contributed by atoms with Crippen molar-refractivity contribution in [1.29, 1.82) is 0 Å². The molecule has 0 atom stereocenters. The summed E-state index contributed by atoms with van der Waals surface area (Å²) in [6, 6.07) is 12.5. The van der Waals surface area contributed by atoms with Gasteiger partial charge in [0.2, 0.25) is 0 Å². The topological polar surface area (TPSA) is 86.5 Å². The molecule has 0 aliphatic rings. The van der Waals surface area contributed by atoms with E-state index in [1.54, 1.807) is 30.3 Å². The second-order valence-corrected chi connectivity index (χ2v) is 7.50. The Balaban J connectivity index is 2.00. The van der Waals surface area contributed by atoms with Gasteiger partial charge in [0.1, 0.15) is 4.91 Å². The number of carbonyl (C=O) groups is 1. The van der Waals surface area contributed by atoms with Gasteiger partial charge in [-0.3, -0.25) is 0 Å². The summed E-state index contributed by atoms with van der Waals surface area (Å²) in [7, 11) is 3.04. The summed E-state index contributed by atoms with van der Waals surface area (Å²) < 4.78 is 12.5. The van der Waals surface area contributed by atoms with Gasteiger partial charge in [0.05, 0.1) is 14.2 Å². The summed E-state index contributed by atoms with van der Waals surface area (Å²) in [6.07, 6.45) is 1.53. The number of methoxy groups -OCH3 is 2. The molecule has 0 unspecified atom stereocenters. The number of para-hydroxylation sites is 1. The number of ether oxygens (including phenoxy) is 2. The molecule has 0 amide bonds. The highest BCUT2D eigenvalue weighted by molar-refractivity contribution is 8.04. The fourth-order valence-electron chi connectivity index (χ4n) is 2.86. The lowest BCUT2D eigenvalue weighted by Crippen LogP contribution is -2.03. The van der Waals surface area contributed by atoms with Crippen molar-refractivity contribution in [2.24, 2.45) is 0 Å². The molecule has 7 nitrogen and oxygen atoms in total. The number of aromatic nitrogens is 3. The molecule has 0 aliphatic carbocycles. The van der Waals surface area contributed by atoms with Gasteiger partial charge in [-0.15, -0.1) is 10.2 Å². The number of aliphatic carboxylic acids is 1. The number of nitrogens with zero attached hydrogens (tertiary/aromatic N) is 3. The van der Waals surface area contributed by atoms with Crippen LogP contribution < -0.4 is 9.47 Å². The Morgan fingerprint density at radius 1 is 1.17 bits per heavy atom. The van der Waals surface area contributed by atoms with Crippen molar-refractivity contribution in [3.8, 4) is 22.9 Å². The molecule has 1 N–H and O–H groups in total. The van der Waals surface area contributed by atoms with Gasteiger partial charge in [-0.2, -0.15) is 0 Å². The van der Waals surface area contributed by atoms with E-state index in [2.05, 4.69) is 10.2 Å². The molecule has 156 valence electrons. The lowest BCUT2D eigenvalue weighted by atomic mass is 10.1. The first kappa shape index (κ1) is 21.7. The minimum Gasteiger partial charge on any atom is -0.493 e. The monoisotopic (exact) mass is 445 g/mol. The quantitative estimate of drug-likeness (QED) is 0.391. The molecule has 0 saturated carbocycles. The van der Waals surface area contributed by atoms with E-state index in [1.165, 1.54) is 20.3 Å². The molecule has 30 heavy (non-hydrogen) atoms. The van der Waals surface area contributed by atoms with Crippen molar-refractivity contribution in [1.82, 2.24) is 14.8 Å². The first-order valence-corrected chi connectivity index (χ1v) is 10.2. The van der Waals surface area contributed by atoms with Crippen LogP contribution in [-0.2, 0) is 11.3 Å². The maximum Gasteiger partial charge on any atom is 0.342 e. The minimum atomic E-state index is -1.08. The molecule has 0 spiro atoms. The third-order valence-corrected chi connectivity index (χ3v) is 5.52. The van der Waals surface area contributed by atoms with Crippen molar-refractivity contribution in [3.05, 3.63) is 58.0 Å². The lowest BCUT2D eigenvalue weighted by molar-refractivity contribution is -0.131. The molecule has 0 fully saturated rings. The Bertz CT molecular complexity index is 1080. The first-order chi connectivity index (χ1) is 14.5. The number of benzene rings is 2. The number of carboxylic acids is 1. The van der Waals surface area contributed by atoms with E-state index in [0.717, 1.165) is 17.3 Å². The third kappa shape index (κ3) is 4.60. The van der Waals surface area contributed by atoms with Crippen LogP contribution in [0.4, 0.5) is 0 Å². The summed E-state index contributed by atoms with van der Waals surface area (Å²) in [5.74, 6) is 0.532. The van der Waals surface area contributed by atoms with Crippen LogP contribution in [-0.4, -0.2) is 40.1 Å². The van der Waals surface area contributed by atoms with Crippen LogP contribution in [0.15, 0.2) is 52.5 Å². The van der Waals surface area contributed by atoms with Gasteiger partial charge in [0.15, 0.2) is 22.5 Å². The average Bonchev–Trinajstić information content (AvgIpc) is 3.15. The fraction of sp³-hybridized carbons (Fsp3) is 0.190. The first-order valence-electron chi connectivity index (χ1n) is 9.01. The zero-order valence-corrected chi connectivity index (χ0v) is 18.2. The normalized spacial score (nSPS) is 11.4. The predicted octanol–water partition coefficient (Wildman–Crippen LogP) is 4.85. The van der Waals surface area contributed by atoms with Gasteiger partial charge in [0.25, 0.3) is 0 Å². The summed E-state index contributed by atoms with van der Waals surface area (Å²) in [5.41, 5.74) is 1.43. The zero-order valence-electron chi connectivity index (χ0n) is 16.6. The molecule has 0 saturated heterocycles. The Morgan fingerprint density at radius 2 is 1.90 bits per heavy atom. The minimum absolute atomic E-state index is 0.0753.